The largest absolute Gasteiger partial charge is 0.453 e. The Labute approximate surface area is 411 Å². The van der Waals surface area contributed by atoms with Crippen molar-refractivity contribution in [3.63, 3.8) is 0 Å². The van der Waals surface area contributed by atoms with E-state index >= 15 is 17.6 Å². The van der Waals surface area contributed by atoms with Gasteiger partial charge in [-0.2, -0.15) is 0 Å². The summed E-state index contributed by atoms with van der Waals surface area (Å²) in [4.78, 5) is 70.4. The minimum Gasteiger partial charge on any atom is -0.453 e. The number of aromatic nitrogens is 4. The average Bonchev–Trinajstić information content (AvgIpc) is 4.17. The topological polar surface area (TPSA) is 175 Å². The molecule has 14 nitrogen and oxygen atoms in total. The van der Waals surface area contributed by atoms with Crippen LogP contribution in [0.15, 0.2) is 48.8 Å². The first-order chi connectivity index (χ1) is 33.8. The van der Waals surface area contributed by atoms with Crippen LogP contribution < -0.4 is 10.6 Å². The average molecular weight is 987 g/mol. The van der Waals surface area contributed by atoms with Gasteiger partial charge in [0.05, 0.1) is 63.2 Å². The number of fused-ring (bicyclic) bond motifs is 7. The zero-order valence-corrected chi connectivity index (χ0v) is 41.4. The van der Waals surface area contributed by atoms with Crippen molar-refractivity contribution >= 4 is 35.1 Å². The molecule has 4 N–H and O–H groups in total. The van der Waals surface area contributed by atoms with Crippen LogP contribution in [0.1, 0.15) is 156 Å². The predicted molar refractivity (Wildman–Crippen MR) is 258 cm³/mol. The number of carbonyl (C=O) groups excluding carboxylic acids is 4. The molecule has 2 aliphatic heterocycles. The van der Waals surface area contributed by atoms with Crippen molar-refractivity contribution in [3.05, 3.63) is 82.9 Å². The van der Waals surface area contributed by atoms with Gasteiger partial charge in [-0.05, 0) is 121 Å². The number of rotatable bonds is 11. The smallest absolute Gasteiger partial charge is 0.407 e. The predicted octanol–water partition coefficient (Wildman–Crippen LogP) is 10.4. The molecule has 4 atom stereocenters. The van der Waals surface area contributed by atoms with Crippen molar-refractivity contribution in [3.8, 4) is 11.3 Å². The van der Waals surface area contributed by atoms with Crippen LogP contribution in [-0.2, 0) is 19.1 Å². The van der Waals surface area contributed by atoms with E-state index in [0.29, 0.717) is 23.2 Å². The van der Waals surface area contributed by atoms with Gasteiger partial charge in [0, 0.05) is 24.0 Å². The summed E-state index contributed by atoms with van der Waals surface area (Å²) in [6, 6.07) is 0.0271. The number of amides is 4. The zero-order valence-electron chi connectivity index (χ0n) is 41.4. The number of hydrogen-bond donors (Lipinski definition) is 4. The summed E-state index contributed by atoms with van der Waals surface area (Å²) in [5.41, 5.74) is 8.96. The molecule has 3 aromatic rings. The molecule has 0 unspecified atom stereocenters. The highest BCUT2D eigenvalue weighted by atomic mass is 19.3. The third-order valence-electron chi connectivity index (χ3n) is 16.1. The van der Waals surface area contributed by atoms with Crippen LogP contribution in [0.3, 0.4) is 0 Å². The zero-order chi connectivity index (χ0) is 50.7. The number of alkyl carbamates (subject to hydrolysis) is 2. The number of halogens is 4. The number of alkyl halides is 4. The molecule has 6 aliphatic carbocycles. The van der Waals surface area contributed by atoms with Gasteiger partial charge in [0.25, 0.3) is 11.8 Å². The minimum absolute atomic E-state index is 0.222. The van der Waals surface area contributed by atoms with E-state index in [0.717, 1.165) is 84.3 Å². The number of nitrogens with zero attached hydrogens (tertiary/aromatic N) is 4. The number of nitrogens with one attached hydrogen (secondary N) is 4. The van der Waals surface area contributed by atoms with Gasteiger partial charge in [0.15, 0.2) is 0 Å². The SMILES string of the molecule is C=C1/C(c2cnc([C@@H]3CC(F)(F)CN3C(=O)[C@@H](NC(=O)OC)C(C)C)[nH]2)=C\C=C(\c2ccc(-c3cnc([C@@H]4CC(F)(F)CN4C(=O)[C@@H](NC(=O)OC)C(C)C)[nH]3)c3c2C2CCC3CC2)CC2CCC1CC2. The number of imidazole rings is 2. The maximum Gasteiger partial charge on any atom is 0.407 e. The monoisotopic (exact) mass is 987 g/mol. The van der Waals surface area contributed by atoms with E-state index in [4.69, 9.17) is 9.47 Å². The van der Waals surface area contributed by atoms with E-state index in [-0.39, 0.29) is 23.5 Å². The molecule has 71 heavy (non-hydrogen) atoms. The summed E-state index contributed by atoms with van der Waals surface area (Å²) in [7, 11) is 2.36. The molecule has 11 rings (SSSR count). The van der Waals surface area contributed by atoms with Gasteiger partial charge in [0.2, 0.25) is 11.8 Å². The Bertz CT molecular complexity index is 2620. The van der Waals surface area contributed by atoms with Gasteiger partial charge >= 0.3 is 12.2 Å². The number of carbonyl (C=O) groups is 4. The lowest BCUT2D eigenvalue weighted by Gasteiger charge is -2.41. The van der Waals surface area contributed by atoms with Crippen LogP contribution in [0.25, 0.3) is 22.4 Å². The van der Waals surface area contributed by atoms with Gasteiger partial charge in [-0.3, -0.25) is 9.59 Å². The first-order valence-electron chi connectivity index (χ1n) is 25.2. The quantitative estimate of drug-likeness (QED) is 0.137. The van der Waals surface area contributed by atoms with Gasteiger partial charge in [-0.15, -0.1) is 0 Å². The van der Waals surface area contributed by atoms with Gasteiger partial charge in [-0.1, -0.05) is 58.6 Å². The number of aromatic amines is 2. The molecular formula is C53H66F4N8O6. The van der Waals surface area contributed by atoms with Crippen LogP contribution in [0.5, 0.6) is 0 Å². The van der Waals surface area contributed by atoms with Crippen molar-refractivity contribution in [2.24, 2.45) is 23.7 Å². The molecule has 4 fully saturated rings. The summed E-state index contributed by atoms with van der Waals surface area (Å²) in [5.74, 6) is -6.64. The van der Waals surface area contributed by atoms with Gasteiger partial charge in [0.1, 0.15) is 23.7 Å². The summed E-state index contributed by atoms with van der Waals surface area (Å²) in [6.45, 7) is 9.93. The fraction of sp³-hybridized carbons (Fsp3) is 0.585. The maximum absolute atomic E-state index is 15.3. The molecule has 18 heteroatoms. The van der Waals surface area contributed by atoms with Crippen molar-refractivity contribution < 1.29 is 46.2 Å². The molecule has 4 amide bonds. The molecular weight excluding hydrogens is 921 g/mol. The van der Waals surface area contributed by atoms with Crippen LogP contribution in [0.4, 0.5) is 27.2 Å². The molecule has 382 valence electrons. The highest BCUT2D eigenvalue weighted by Crippen LogP contribution is 2.55. The van der Waals surface area contributed by atoms with Crippen molar-refractivity contribution in [1.29, 1.82) is 0 Å². The second kappa shape index (κ2) is 19.6. The first-order valence-corrected chi connectivity index (χ1v) is 25.2. The highest BCUT2D eigenvalue weighted by Gasteiger charge is 2.52. The Morgan fingerprint density at radius 2 is 1.13 bits per heavy atom. The van der Waals surface area contributed by atoms with Crippen molar-refractivity contribution in [2.75, 3.05) is 27.3 Å². The highest BCUT2D eigenvalue weighted by molar-refractivity contribution is 5.88. The number of allylic oxidation sites excluding steroid dienone is 5. The number of H-pyrrole nitrogens is 2. The molecule has 2 aromatic heterocycles. The third kappa shape index (κ3) is 9.88. The first kappa shape index (κ1) is 50.0. The van der Waals surface area contributed by atoms with E-state index in [9.17, 15) is 19.2 Å². The molecule has 0 radical (unpaired) electrons. The molecule has 2 saturated heterocycles. The van der Waals surface area contributed by atoms with E-state index in [1.807, 2.05) is 0 Å². The van der Waals surface area contributed by atoms with Gasteiger partial charge < -0.3 is 39.9 Å². The minimum atomic E-state index is -3.18. The van der Waals surface area contributed by atoms with Gasteiger partial charge in [-0.25, -0.2) is 37.1 Å². The van der Waals surface area contributed by atoms with E-state index in [2.05, 4.69) is 61.4 Å². The number of benzene rings is 1. The molecule has 1 aromatic carbocycles. The Kier molecular flexibility index (Phi) is 13.8. The molecule has 4 bridgehead atoms. The molecule has 2 saturated carbocycles. The summed E-state index contributed by atoms with van der Waals surface area (Å²) in [6.07, 6.45) is 13.7. The lowest BCUT2D eigenvalue weighted by molar-refractivity contribution is -0.137. The summed E-state index contributed by atoms with van der Waals surface area (Å²) in [5, 5.41) is 5.05. The fourth-order valence-electron chi connectivity index (χ4n) is 12.4. The standard InChI is InChI=1S/C53H66F4N8O6/c1-27(2)44(62-50(68)70-6)48(66)64-25-52(54,55)21-40(64)46-58-23-38(60-46)35-17-16-34(20-30-8-10-31(11-9-30)29(35)5)36-18-19-37(43-33-14-12-32(13-15-33)42(36)43)39-24-59-47(61-39)41-22-53(56,57)26-65(41)49(67)45(28(3)4)63-51(69)71-7/h16-19,23-24,27-28,30-33,40-41,44-45H,5,8-15,20-22,25-26H2,1-4,6-7H3,(H,58,60)(H,59,61)(H,62,68)(H,63,69)/b34-16+,35-17+/t30?,31?,32?,33?,40-,41-,44-,45-/m0/s1. The number of hydrogen-bond acceptors (Lipinski definition) is 8. The van der Waals surface area contributed by atoms with E-state index in [1.165, 1.54) is 36.5 Å². The van der Waals surface area contributed by atoms with Crippen LogP contribution >= 0.6 is 0 Å². The number of methoxy groups -OCH3 is 2. The summed E-state index contributed by atoms with van der Waals surface area (Å²) >= 11 is 0. The number of ether oxygens (including phenoxy) is 2. The normalized spacial score (nSPS) is 27.9. The van der Waals surface area contributed by atoms with Crippen molar-refractivity contribution in [1.82, 2.24) is 40.4 Å². The number of likely N-dealkylation sites (tertiary alicyclic amines) is 2. The maximum atomic E-state index is 15.3. The Morgan fingerprint density at radius 3 is 1.62 bits per heavy atom. The van der Waals surface area contributed by atoms with Crippen LogP contribution in [0, 0.1) is 23.7 Å². The van der Waals surface area contributed by atoms with E-state index < -0.39 is 97.8 Å². The van der Waals surface area contributed by atoms with Crippen LogP contribution in [-0.4, -0.2) is 105 Å². The van der Waals surface area contributed by atoms with Crippen LogP contribution in [0.2, 0.25) is 0 Å². The Balaban J connectivity index is 1.06. The lowest BCUT2D eigenvalue weighted by Crippen LogP contribution is -2.51. The lowest BCUT2D eigenvalue weighted by atomic mass is 9.63. The second-order valence-corrected chi connectivity index (χ2v) is 21.4. The van der Waals surface area contributed by atoms with E-state index in [1.54, 1.807) is 40.1 Å². The Morgan fingerprint density at radius 1 is 0.676 bits per heavy atom. The molecule has 8 aliphatic rings. The second-order valence-electron chi connectivity index (χ2n) is 21.4. The molecule has 4 heterocycles. The summed E-state index contributed by atoms with van der Waals surface area (Å²) < 4.78 is 70.5. The molecule has 0 spiro atoms. The third-order valence-corrected chi connectivity index (χ3v) is 16.1. The van der Waals surface area contributed by atoms with Crippen molar-refractivity contribution in [2.45, 2.75) is 146 Å². The fourth-order valence-corrected chi connectivity index (χ4v) is 12.4. The Hall–Kier alpha value is -5.94.